The summed E-state index contributed by atoms with van der Waals surface area (Å²) >= 11 is 5.83. The van der Waals surface area contributed by atoms with Crippen LogP contribution in [-0.2, 0) is 0 Å². The SMILES string of the molecule is Cc1cccc(C(=O)NC(C)c2ccc(Cl)cc2)c1[N+](=O)[O-]. The van der Waals surface area contributed by atoms with E-state index in [4.69, 9.17) is 11.6 Å². The predicted molar refractivity (Wildman–Crippen MR) is 85.2 cm³/mol. The Balaban J connectivity index is 2.24. The van der Waals surface area contributed by atoms with Crippen LogP contribution < -0.4 is 5.32 Å². The molecule has 0 aliphatic rings. The summed E-state index contributed by atoms with van der Waals surface area (Å²) in [6, 6.07) is 11.5. The van der Waals surface area contributed by atoms with Gasteiger partial charge in [-0.25, -0.2) is 0 Å². The molecule has 0 saturated carbocycles. The van der Waals surface area contributed by atoms with E-state index in [2.05, 4.69) is 5.32 Å². The smallest absolute Gasteiger partial charge is 0.285 e. The van der Waals surface area contributed by atoms with Crippen molar-refractivity contribution < 1.29 is 9.72 Å². The third kappa shape index (κ3) is 3.43. The van der Waals surface area contributed by atoms with Crippen molar-refractivity contribution in [3.63, 3.8) is 0 Å². The van der Waals surface area contributed by atoms with Crippen LogP contribution in [-0.4, -0.2) is 10.8 Å². The Morgan fingerprint density at radius 3 is 2.45 bits per heavy atom. The van der Waals surface area contributed by atoms with Gasteiger partial charge in [-0.3, -0.25) is 14.9 Å². The van der Waals surface area contributed by atoms with Crippen molar-refractivity contribution in [2.75, 3.05) is 0 Å². The lowest BCUT2D eigenvalue weighted by Gasteiger charge is -2.15. The molecule has 0 aliphatic heterocycles. The standard InChI is InChI=1S/C16H15ClN2O3/c1-10-4-3-5-14(15(10)19(21)22)16(20)18-11(2)12-6-8-13(17)9-7-12/h3-9,11H,1-2H3,(H,18,20). The van der Waals surface area contributed by atoms with Gasteiger partial charge in [0, 0.05) is 10.6 Å². The Morgan fingerprint density at radius 2 is 1.86 bits per heavy atom. The number of carbonyl (C=O) groups is 1. The highest BCUT2D eigenvalue weighted by atomic mass is 35.5. The van der Waals surface area contributed by atoms with Gasteiger partial charge in [-0.2, -0.15) is 0 Å². The van der Waals surface area contributed by atoms with Crippen LogP contribution in [0.2, 0.25) is 5.02 Å². The van der Waals surface area contributed by atoms with E-state index in [-0.39, 0.29) is 17.3 Å². The molecule has 22 heavy (non-hydrogen) atoms. The van der Waals surface area contributed by atoms with E-state index < -0.39 is 10.8 Å². The van der Waals surface area contributed by atoms with E-state index >= 15 is 0 Å². The van der Waals surface area contributed by atoms with Gasteiger partial charge in [-0.15, -0.1) is 0 Å². The maximum atomic E-state index is 12.3. The number of halogens is 1. The molecule has 2 rings (SSSR count). The molecule has 0 saturated heterocycles. The van der Waals surface area contributed by atoms with Crippen LogP contribution in [0.25, 0.3) is 0 Å². The van der Waals surface area contributed by atoms with Gasteiger partial charge in [0.15, 0.2) is 0 Å². The van der Waals surface area contributed by atoms with Gasteiger partial charge in [0.1, 0.15) is 5.56 Å². The molecule has 0 heterocycles. The normalized spacial score (nSPS) is 11.8. The number of amides is 1. The van der Waals surface area contributed by atoms with Crippen LogP contribution in [0, 0.1) is 17.0 Å². The van der Waals surface area contributed by atoms with Crippen LogP contribution in [0.15, 0.2) is 42.5 Å². The Kier molecular flexibility index (Phi) is 4.78. The first-order valence-corrected chi connectivity index (χ1v) is 7.08. The van der Waals surface area contributed by atoms with Crippen LogP contribution in [0.5, 0.6) is 0 Å². The molecule has 1 N–H and O–H groups in total. The lowest BCUT2D eigenvalue weighted by atomic mass is 10.1. The first-order chi connectivity index (χ1) is 10.4. The van der Waals surface area contributed by atoms with Crippen molar-refractivity contribution in [3.05, 3.63) is 74.3 Å². The minimum absolute atomic E-state index is 0.0609. The molecule has 0 bridgehead atoms. The maximum Gasteiger partial charge on any atom is 0.285 e. The monoisotopic (exact) mass is 318 g/mol. The van der Waals surface area contributed by atoms with E-state index in [9.17, 15) is 14.9 Å². The summed E-state index contributed by atoms with van der Waals surface area (Å²) in [5.41, 5.74) is 1.22. The van der Waals surface area contributed by atoms with Gasteiger partial charge in [-0.05, 0) is 37.6 Å². The van der Waals surface area contributed by atoms with Crippen molar-refractivity contribution in [2.24, 2.45) is 0 Å². The molecular weight excluding hydrogens is 304 g/mol. The minimum Gasteiger partial charge on any atom is -0.345 e. The fourth-order valence-corrected chi connectivity index (χ4v) is 2.32. The average molecular weight is 319 g/mol. The molecule has 2 aromatic carbocycles. The lowest BCUT2D eigenvalue weighted by molar-refractivity contribution is -0.385. The Bertz CT molecular complexity index is 714. The highest BCUT2D eigenvalue weighted by molar-refractivity contribution is 6.30. The molecule has 1 amide bonds. The quantitative estimate of drug-likeness (QED) is 0.682. The third-order valence-electron chi connectivity index (χ3n) is 3.38. The van der Waals surface area contributed by atoms with Crippen LogP contribution in [0.4, 0.5) is 5.69 Å². The zero-order valence-corrected chi connectivity index (χ0v) is 12.9. The Hall–Kier alpha value is -2.40. The van der Waals surface area contributed by atoms with Crippen molar-refractivity contribution in [2.45, 2.75) is 19.9 Å². The summed E-state index contributed by atoms with van der Waals surface area (Å²) in [5.74, 6) is -0.474. The van der Waals surface area contributed by atoms with Gasteiger partial charge in [0.05, 0.1) is 11.0 Å². The molecule has 2 aromatic rings. The number of benzene rings is 2. The zero-order chi connectivity index (χ0) is 16.3. The third-order valence-corrected chi connectivity index (χ3v) is 3.63. The maximum absolute atomic E-state index is 12.3. The predicted octanol–water partition coefficient (Wildman–Crippen LogP) is 4.05. The number of nitrogens with one attached hydrogen (secondary N) is 1. The summed E-state index contributed by atoms with van der Waals surface area (Å²) in [5, 5.41) is 14.5. The zero-order valence-electron chi connectivity index (χ0n) is 12.2. The number of hydrogen-bond donors (Lipinski definition) is 1. The van der Waals surface area contributed by atoms with Crippen LogP contribution in [0.1, 0.15) is 34.5 Å². The minimum atomic E-state index is -0.531. The Labute approximate surface area is 133 Å². The molecule has 5 nitrogen and oxygen atoms in total. The van der Waals surface area contributed by atoms with Crippen molar-refractivity contribution in [1.82, 2.24) is 5.32 Å². The molecule has 0 radical (unpaired) electrons. The number of aryl methyl sites for hydroxylation is 1. The molecule has 0 spiro atoms. The molecule has 114 valence electrons. The highest BCUT2D eigenvalue weighted by Gasteiger charge is 2.23. The number of hydrogen-bond acceptors (Lipinski definition) is 3. The summed E-state index contributed by atoms with van der Waals surface area (Å²) in [6.07, 6.45) is 0. The van der Waals surface area contributed by atoms with Crippen LogP contribution in [0.3, 0.4) is 0 Å². The second-order valence-corrected chi connectivity index (χ2v) is 5.41. The van der Waals surface area contributed by atoms with Gasteiger partial charge in [0.2, 0.25) is 0 Å². The number of rotatable bonds is 4. The van der Waals surface area contributed by atoms with Crippen molar-refractivity contribution in [3.8, 4) is 0 Å². The second kappa shape index (κ2) is 6.58. The van der Waals surface area contributed by atoms with E-state index in [0.717, 1.165) is 5.56 Å². The van der Waals surface area contributed by atoms with Crippen LogP contribution >= 0.6 is 11.6 Å². The topological polar surface area (TPSA) is 72.2 Å². The average Bonchev–Trinajstić information content (AvgIpc) is 2.47. The Morgan fingerprint density at radius 1 is 1.23 bits per heavy atom. The molecule has 1 atom stereocenters. The number of carbonyl (C=O) groups excluding carboxylic acids is 1. The lowest BCUT2D eigenvalue weighted by Crippen LogP contribution is -2.27. The van der Waals surface area contributed by atoms with Gasteiger partial charge in [-0.1, -0.05) is 35.9 Å². The first-order valence-electron chi connectivity index (χ1n) is 6.70. The fraction of sp³-hybridized carbons (Fsp3) is 0.188. The number of nitro groups is 1. The summed E-state index contributed by atoms with van der Waals surface area (Å²) in [4.78, 5) is 23.0. The fourth-order valence-electron chi connectivity index (χ4n) is 2.19. The number of para-hydroxylation sites is 1. The summed E-state index contributed by atoms with van der Waals surface area (Å²) in [6.45, 7) is 3.42. The van der Waals surface area contributed by atoms with Crippen molar-refractivity contribution >= 4 is 23.2 Å². The van der Waals surface area contributed by atoms with Crippen molar-refractivity contribution in [1.29, 1.82) is 0 Å². The highest BCUT2D eigenvalue weighted by Crippen LogP contribution is 2.24. The summed E-state index contributed by atoms with van der Waals surface area (Å²) < 4.78 is 0. The van der Waals surface area contributed by atoms with E-state index in [1.807, 2.05) is 6.92 Å². The molecule has 0 aliphatic carbocycles. The van der Waals surface area contributed by atoms with E-state index in [1.165, 1.54) is 6.07 Å². The van der Waals surface area contributed by atoms with E-state index in [0.29, 0.717) is 10.6 Å². The van der Waals surface area contributed by atoms with Gasteiger partial charge < -0.3 is 5.32 Å². The number of nitro benzene ring substituents is 1. The molecule has 0 aromatic heterocycles. The molecule has 1 unspecified atom stereocenters. The molecular formula is C16H15ClN2O3. The summed E-state index contributed by atoms with van der Waals surface area (Å²) in [7, 11) is 0. The molecule has 6 heteroatoms. The largest absolute Gasteiger partial charge is 0.345 e. The molecule has 0 fully saturated rings. The first kappa shape index (κ1) is 16.0. The van der Waals surface area contributed by atoms with Gasteiger partial charge >= 0.3 is 0 Å². The second-order valence-electron chi connectivity index (χ2n) is 4.97. The van der Waals surface area contributed by atoms with E-state index in [1.54, 1.807) is 43.3 Å². The van der Waals surface area contributed by atoms with Gasteiger partial charge in [0.25, 0.3) is 11.6 Å². The number of nitrogens with zero attached hydrogens (tertiary/aromatic N) is 1.